The molecule has 0 spiro atoms. The Kier molecular flexibility index (Phi) is 3.46. The molecule has 0 aromatic rings. The number of esters is 1. The van der Waals surface area contributed by atoms with Gasteiger partial charge in [-0.1, -0.05) is 6.92 Å². The van der Waals surface area contributed by atoms with Gasteiger partial charge >= 0.3 is 5.97 Å². The van der Waals surface area contributed by atoms with Crippen molar-refractivity contribution in [3.63, 3.8) is 0 Å². The maximum atomic E-state index is 11.0. The highest BCUT2D eigenvalue weighted by Gasteiger charge is 2.28. The van der Waals surface area contributed by atoms with Gasteiger partial charge in [0.1, 0.15) is 5.78 Å². The molecule has 74 valence electrons. The number of methoxy groups -OCH3 is 1. The molecule has 13 heavy (non-hydrogen) atoms. The molecule has 0 heterocycles. The second kappa shape index (κ2) is 4.40. The highest BCUT2D eigenvalue weighted by Crippen LogP contribution is 2.30. The number of carbonyl (C=O) groups is 2. The summed E-state index contributed by atoms with van der Waals surface area (Å²) in [6.45, 7) is 2.01. The smallest absolute Gasteiger partial charge is 0.305 e. The highest BCUT2D eigenvalue weighted by atomic mass is 16.5. The van der Waals surface area contributed by atoms with E-state index in [-0.39, 0.29) is 11.9 Å². The zero-order valence-electron chi connectivity index (χ0n) is 8.21. The van der Waals surface area contributed by atoms with Crippen molar-refractivity contribution < 1.29 is 14.3 Å². The van der Waals surface area contributed by atoms with Gasteiger partial charge in [0, 0.05) is 19.3 Å². The first-order valence-corrected chi connectivity index (χ1v) is 4.72. The molecule has 0 unspecified atom stereocenters. The monoisotopic (exact) mass is 184 g/mol. The summed E-state index contributed by atoms with van der Waals surface area (Å²) in [4.78, 5) is 22.0. The Morgan fingerprint density at radius 1 is 1.69 bits per heavy atom. The molecule has 0 saturated heterocycles. The summed E-state index contributed by atoms with van der Waals surface area (Å²) in [5.74, 6) is 0.832. The van der Waals surface area contributed by atoms with Crippen molar-refractivity contribution in [2.24, 2.45) is 11.8 Å². The van der Waals surface area contributed by atoms with Crippen molar-refractivity contribution >= 4 is 11.8 Å². The van der Waals surface area contributed by atoms with Gasteiger partial charge in [0.25, 0.3) is 0 Å². The molecular formula is C10H16O3. The van der Waals surface area contributed by atoms with Gasteiger partial charge in [-0.05, 0) is 18.3 Å². The number of Topliss-reactive ketones (excluding diaryl/α,β-unsaturated/α-hetero) is 1. The third kappa shape index (κ3) is 2.83. The van der Waals surface area contributed by atoms with Gasteiger partial charge < -0.3 is 4.74 Å². The average molecular weight is 184 g/mol. The Morgan fingerprint density at radius 2 is 2.38 bits per heavy atom. The zero-order chi connectivity index (χ0) is 9.84. The van der Waals surface area contributed by atoms with Crippen LogP contribution in [0.1, 0.15) is 32.6 Å². The molecule has 0 bridgehead atoms. The number of carbonyl (C=O) groups excluding carboxylic acids is 2. The summed E-state index contributed by atoms with van der Waals surface area (Å²) < 4.78 is 4.58. The van der Waals surface area contributed by atoms with Crippen LogP contribution in [0.15, 0.2) is 0 Å². The standard InChI is InChI=1S/C10H16O3/c1-7(5-10(12)13-2)8-3-4-9(11)6-8/h7-8H,3-6H2,1-2H3/t7-,8+/m1/s1. The summed E-state index contributed by atoms with van der Waals surface area (Å²) in [6, 6.07) is 0. The van der Waals surface area contributed by atoms with Crippen LogP contribution < -0.4 is 0 Å². The quantitative estimate of drug-likeness (QED) is 0.625. The maximum absolute atomic E-state index is 11.0. The number of ketones is 1. The van der Waals surface area contributed by atoms with Crippen molar-refractivity contribution in [3.8, 4) is 0 Å². The number of rotatable bonds is 3. The van der Waals surface area contributed by atoms with Gasteiger partial charge in [-0.3, -0.25) is 9.59 Å². The summed E-state index contributed by atoms with van der Waals surface area (Å²) in [6.07, 6.45) is 2.72. The van der Waals surface area contributed by atoms with Crippen LogP contribution in [0.2, 0.25) is 0 Å². The summed E-state index contributed by atoms with van der Waals surface area (Å²) in [7, 11) is 1.40. The first kappa shape index (κ1) is 10.2. The van der Waals surface area contributed by atoms with Crippen LogP contribution in [0.25, 0.3) is 0 Å². The summed E-state index contributed by atoms with van der Waals surface area (Å²) >= 11 is 0. The average Bonchev–Trinajstić information content (AvgIpc) is 2.51. The normalized spacial score (nSPS) is 24.5. The first-order chi connectivity index (χ1) is 6.13. The Morgan fingerprint density at radius 3 is 2.85 bits per heavy atom. The summed E-state index contributed by atoms with van der Waals surface area (Å²) in [5.41, 5.74) is 0. The van der Waals surface area contributed by atoms with E-state index in [2.05, 4.69) is 4.74 Å². The van der Waals surface area contributed by atoms with Crippen molar-refractivity contribution in [2.45, 2.75) is 32.6 Å². The van der Waals surface area contributed by atoms with Crippen LogP contribution in [0.3, 0.4) is 0 Å². The van der Waals surface area contributed by atoms with Crippen molar-refractivity contribution in [1.29, 1.82) is 0 Å². The number of hydrogen-bond acceptors (Lipinski definition) is 3. The van der Waals surface area contributed by atoms with E-state index in [9.17, 15) is 9.59 Å². The minimum Gasteiger partial charge on any atom is -0.469 e. The zero-order valence-corrected chi connectivity index (χ0v) is 8.21. The lowest BCUT2D eigenvalue weighted by Crippen LogP contribution is -2.14. The first-order valence-electron chi connectivity index (χ1n) is 4.72. The van der Waals surface area contributed by atoms with Crippen LogP contribution >= 0.6 is 0 Å². The number of hydrogen-bond donors (Lipinski definition) is 0. The minimum atomic E-state index is -0.174. The molecule has 3 nitrogen and oxygen atoms in total. The second-order valence-corrected chi connectivity index (χ2v) is 3.80. The van der Waals surface area contributed by atoms with Gasteiger partial charge in [0.2, 0.25) is 0 Å². The lowest BCUT2D eigenvalue weighted by atomic mass is 9.90. The van der Waals surface area contributed by atoms with Gasteiger partial charge in [-0.15, -0.1) is 0 Å². The van der Waals surface area contributed by atoms with Gasteiger partial charge in [0.15, 0.2) is 0 Å². The predicted octanol–water partition coefficient (Wildman–Crippen LogP) is 1.55. The van der Waals surface area contributed by atoms with Crippen LogP contribution in [0.4, 0.5) is 0 Å². The predicted molar refractivity (Wildman–Crippen MR) is 48.1 cm³/mol. The highest BCUT2D eigenvalue weighted by molar-refractivity contribution is 5.80. The molecule has 1 fully saturated rings. The molecule has 1 rings (SSSR count). The molecule has 0 N–H and O–H groups in total. The van der Waals surface area contributed by atoms with E-state index in [4.69, 9.17) is 0 Å². The molecule has 0 aliphatic heterocycles. The van der Waals surface area contributed by atoms with Gasteiger partial charge in [-0.2, -0.15) is 0 Å². The lowest BCUT2D eigenvalue weighted by molar-refractivity contribution is -0.142. The fourth-order valence-electron chi connectivity index (χ4n) is 1.84. The Hall–Kier alpha value is -0.860. The van der Waals surface area contributed by atoms with E-state index in [1.165, 1.54) is 7.11 Å². The third-order valence-corrected chi connectivity index (χ3v) is 2.80. The van der Waals surface area contributed by atoms with E-state index >= 15 is 0 Å². The Labute approximate surface area is 78.5 Å². The molecule has 0 aromatic heterocycles. The van der Waals surface area contributed by atoms with E-state index in [0.29, 0.717) is 31.0 Å². The van der Waals surface area contributed by atoms with E-state index in [1.54, 1.807) is 0 Å². The molecule has 0 aromatic carbocycles. The van der Waals surface area contributed by atoms with Gasteiger partial charge in [-0.25, -0.2) is 0 Å². The van der Waals surface area contributed by atoms with E-state index in [0.717, 1.165) is 6.42 Å². The van der Waals surface area contributed by atoms with Crippen LogP contribution in [0.5, 0.6) is 0 Å². The topological polar surface area (TPSA) is 43.4 Å². The molecule has 1 aliphatic rings. The Bertz CT molecular complexity index is 210. The van der Waals surface area contributed by atoms with Crippen LogP contribution in [-0.2, 0) is 14.3 Å². The van der Waals surface area contributed by atoms with Crippen LogP contribution in [-0.4, -0.2) is 18.9 Å². The Balaban J connectivity index is 2.35. The SMILES string of the molecule is COC(=O)C[C@@H](C)[C@H]1CCC(=O)C1. The molecule has 1 aliphatic carbocycles. The molecule has 2 atom stereocenters. The van der Waals surface area contributed by atoms with Gasteiger partial charge in [0.05, 0.1) is 7.11 Å². The van der Waals surface area contributed by atoms with Crippen molar-refractivity contribution in [3.05, 3.63) is 0 Å². The fraction of sp³-hybridized carbons (Fsp3) is 0.800. The summed E-state index contributed by atoms with van der Waals surface area (Å²) in [5, 5.41) is 0. The number of ether oxygens (including phenoxy) is 1. The maximum Gasteiger partial charge on any atom is 0.305 e. The van der Waals surface area contributed by atoms with E-state index < -0.39 is 0 Å². The van der Waals surface area contributed by atoms with Crippen molar-refractivity contribution in [2.75, 3.05) is 7.11 Å². The molecule has 3 heteroatoms. The molecule has 0 amide bonds. The molecule has 0 radical (unpaired) electrons. The largest absolute Gasteiger partial charge is 0.469 e. The minimum absolute atomic E-state index is 0.174. The third-order valence-electron chi connectivity index (χ3n) is 2.80. The second-order valence-electron chi connectivity index (χ2n) is 3.80. The molecule has 1 saturated carbocycles. The van der Waals surface area contributed by atoms with Crippen LogP contribution in [0, 0.1) is 11.8 Å². The lowest BCUT2D eigenvalue weighted by Gasteiger charge is -2.16. The van der Waals surface area contributed by atoms with Crippen molar-refractivity contribution in [1.82, 2.24) is 0 Å². The van der Waals surface area contributed by atoms with E-state index in [1.807, 2.05) is 6.92 Å². The molecular weight excluding hydrogens is 168 g/mol. The fourth-order valence-corrected chi connectivity index (χ4v) is 1.84.